The van der Waals surface area contributed by atoms with Crippen LogP contribution >= 0.6 is 11.8 Å². The highest BCUT2D eigenvalue weighted by molar-refractivity contribution is 8.00. The SMILES string of the molecule is CCCOC(=O)C1CSC(C(C)C)N1C(=O)c1cccc(C(F)(F)F)c1. The number of benzene rings is 1. The molecule has 1 aromatic carbocycles. The third-order valence-corrected chi connectivity index (χ3v) is 5.62. The second-order valence-electron chi connectivity index (χ2n) is 6.44. The lowest BCUT2D eigenvalue weighted by Gasteiger charge is -2.30. The summed E-state index contributed by atoms with van der Waals surface area (Å²) < 4.78 is 44.0. The first kappa shape index (κ1) is 20.6. The zero-order valence-corrected chi connectivity index (χ0v) is 15.7. The summed E-state index contributed by atoms with van der Waals surface area (Å²) >= 11 is 1.44. The molecule has 1 aliphatic rings. The number of carbonyl (C=O) groups excluding carboxylic acids is 2. The summed E-state index contributed by atoms with van der Waals surface area (Å²) in [6.07, 6.45) is -3.88. The quantitative estimate of drug-likeness (QED) is 0.708. The van der Waals surface area contributed by atoms with Crippen molar-refractivity contribution in [2.24, 2.45) is 5.92 Å². The number of ether oxygens (including phenoxy) is 1. The maximum Gasteiger partial charge on any atom is 0.416 e. The van der Waals surface area contributed by atoms with Crippen LogP contribution < -0.4 is 0 Å². The van der Waals surface area contributed by atoms with E-state index in [-0.39, 0.29) is 23.5 Å². The largest absolute Gasteiger partial charge is 0.464 e. The van der Waals surface area contributed by atoms with Crippen molar-refractivity contribution in [2.45, 2.75) is 44.8 Å². The molecule has 0 aromatic heterocycles. The van der Waals surface area contributed by atoms with E-state index in [0.717, 1.165) is 12.1 Å². The van der Waals surface area contributed by atoms with Gasteiger partial charge >= 0.3 is 12.1 Å². The highest BCUT2D eigenvalue weighted by Crippen LogP contribution is 2.36. The number of amides is 1. The van der Waals surface area contributed by atoms with Crippen molar-refractivity contribution < 1.29 is 27.5 Å². The number of halogens is 3. The molecule has 1 fully saturated rings. The fraction of sp³-hybridized carbons (Fsp3) is 0.556. The van der Waals surface area contributed by atoms with E-state index in [1.807, 2.05) is 20.8 Å². The van der Waals surface area contributed by atoms with Crippen molar-refractivity contribution in [1.82, 2.24) is 4.90 Å². The fourth-order valence-electron chi connectivity index (χ4n) is 2.76. The van der Waals surface area contributed by atoms with Crippen LogP contribution in [0, 0.1) is 5.92 Å². The molecule has 1 heterocycles. The number of hydrogen-bond donors (Lipinski definition) is 0. The number of hydrogen-bond acceptors (Lipinski definition) is 4. The first-order valence-corrected chi connectivity index (χ1v) is 9.49. The molecule has 1 aliphatic heterocycles. The van der Waals surface area contributed by atoms with Gasteiger partial charge in [0.1, 0.15) is 6.04 Å². The van der Waals surface area contributed by atoms with Gasteiger partial charge in [-0.1, -0.05) is 26.8 Å². The first-order valence-electron chi connectivity index (χ1n) is 8.45. The summed E-state index contributed by atoms with van der Waals surface area (Å²) in [6.45, 7) is 5.92. The van der Waals surface area contributed by atoms with E-state index in [9.17, 15) is 22.8 Å². The van der Waals surface area contributed by atoms with Crippen LogP contribution in [0.15, 0.2) is 24.3 Å². The Hall–Kier alpha value is -1.70. The first-order chi connectivity index (χ1) is 12.2. The fourth-order valence-corrected chi connectivity index (χ4v) is 4.22. The molecule has 144 valence electrons. The zero-order chi connectivity index (χ0) is 19.5. The Balaban J connectivity index is 2.33. The summed E-state index contributed by atoms with van der Waals surface area (Å²) in [6, 6.07) is 3.50. The van der Waals surface area contributed by atoms with Crippen LogP contribution in [0.4, 0.5) is 13.2 Å². The minimum absolute atomic E-state index is 0.0405. The van der Waals surface area contributed by atoms with Gasteiger partial charge in [-0.3, -0.25) is 4.79 Å². The normalized spacial score (nSPS) is 20.5. The topological polar surface area (TPSA) is 46.6 Å². The molecule has 2 rings (SSSR count). The lowest BCUT2D eigenvalue weighted by molar-refractivity contribution is -0.148. The number of thioether (sulfide) groups is 1. The van der Waals surface area contributed by atoms with Crippen LogP contribution in [0.25, 0.3) is 0 Å². The molecule has 2 unspecified atom stereocenters. The Bertz CT molecular complexity index is 663. The second kappa shape index (κ2) is 8.33. The monoisotopic (exact) mass is 389 g/mol. The third kappa shape index (κ3) is 4.52. The minimum atomic E-state index is -4.53. The van der Waals surface area contributed by atoms with E-state index >= 15 is 0 Å². The lowest BCUT2D eigenvalue weighted by atomic mass is 10.1. The Kier molecular flexibility index (Phi) is 6.60. The molecular weight excluding hydrogens is 367 g/mol. The predicted octanol–water partition coefficient (Wildman–Crippen LogP) is 4.20. The summed E-state index contributed by atoms with van der Waals surface area (Å²) in [4.78, 5) is 26.7. The highest BCUT2D eigenvalue weighted by Gasteiger charge is 2.44. The highest BCUT2D eigenvalue weighted by atomic mass is 32.2. The summed E-state index contributed by atoms with van der Waals surface area (Å²) in [5, 5.41) is -0.295. The van der Waals surface area contributed by atoms with Gasteiger partial charge in [0, 0.05) is 11.3 Å². The Morgan fingerprint density at radius 3 is 2.62 bits per heavy atom. The molecule has 1 amide bonds. The molecule has 8 heteroatoms. The Morgan fingerprint density at radius 2 is 2.04 bits per heavy atom. The minimum Gasteiger partial charge on any atom is -0.464 e. The van der Waals surface area contributed by atoms with Crippen molar-refractivity contribution in [2.75, 3.05) is 12.4 Å². The van der Waals surface area contributed by atoms with E-state index in [0.29, 0.717) is 12.2 Å². The zero-order valence-electron chi connectivity index (χ0n) is 14.9. The molecular formula is C18H22F3NO3S. The number of carbonyl (C=O) groups is 2. The van der Waals surface area contributed by atoms with Gasteiger partial charge in [-0.15, -0.1) is 11.8 Å². The average Bonchev–Trinajstić information content (AvgIpc) is 3.03. The molecule has 0 bridgehead atoms. The molecule has 0 aliphatic carbocycles. The van der Waals surface area contributed by atoms with Crippen LogP contribution in [0.2, 0.25) is 0 Å². The van der Waals surface area contributed by atoms with Gasteiger partial charge in [-0.25, -0.2) is 4.79 Å². The van der Waals surface area contributed by atoms with Crippen molar-refractivity contribution >= 4 is 23.6 Å². The van der Waals surface area contributed by atoms with Gasteiger partial charge in [0.05, 0.1) is 17.5 Å². The molecule has 0 radical (unpaired) electrons. The van der Waals surface area contributed by atoms with Gasteiger partial charge in [0.2, 0.25) is 0 Å². The molecule has 26 heavy (non-hydrogen) atoms. The summed E-state index contributed by atoms with van der Waals surface area (Å²) in [7, 11) is 0. The molecule has 0 N–H and O–H groups in total. The maximum absolute atomic E-state index is 13.0. The number of alkyl halides is 3. The second-order valence-corrected chi connectivity index (χ2v) is 7.59. The number of nitrogens with zero attached hydrogens (tertiary/aromatic N) is 1. The predicted molar refractivity (Wildman–Crippen MR) is 93.7 cm³/mol. The number of esters is 1. The lowest BCUT2D eigenvalue weighted by Crippen LogP contribution is -2.47. The van der Waals surface area contributed by atoms with Crippen molar-refractivity contribution in [3.05, 3.63) is 35.4 Å². The van der Waals surface area contributed by atoms with Gasteiger partial charge in [-0.05, 0) is 30.5 Å². The van der Waals surface area contributed by atoms with E-state index in [1.165, 1.54) is 28.8 Å². The van der Waals surface area contributed by atoms with E-state index in [2.05, 4.69) is 0 Å². The van der Waals surface area contributed by atoms with E-state index < -0.39 is 29.7 Å². The van der Waals surface area contributed by atoms with Crippen LogP contribution in [-0.4, -0.2) is 40.6 Å². The maximum atomic E-state index is 13.0. The third-order valence-electron chi connectivity index (χ3n) is 4.00. The Labute approximate surface area is 155 Å². The molecule has 1 saturated heterocycles. The molecule has 1 aromatic rings. The molecule has 4 nitrogen and oxygen atoms in total. The van der Waals surface area contributed by atoms with E-state index in [4.69, 9.17) is 4.74 Å². The molecule has 0 saturated carbocycles. The summed E-state index contributed by atoms with van der Waals surface area (Å²) in [5.74, 6) is -0.685. The van der Waals surface area contributed by atoms with Crippen LogP contribution in [0.1, 0.15) is 43.1 Å². The van der Waals surface area contributed by atoms with Crippen LogP contribution in [0.3, 0.4) is 0 Å². The van der Waals surface area contributed by atoms with E-state index in [1.54, 1.807) is 0 Å². The van der Waals surface area contributed by atoms with Crippen molar-refractivity contribution in [3.63, 3.8) is 0 Å². The summed E-state index contributed by atoms with van der Waals surface area (Å²) in [5.41, 5.74) is -0.970. The van der Waals surface area contributed by atoms with Gasteiger partial charge < -0.3 is 9.64 Å². The average molecular weight is 389 g/mol. The van der Waals surface area contributed by atoms with Crippen molar-refractivity contribution in [3.8, 4) is 0 Å². The van der Waals surface area contributed by atoms with Crippen molar-refractivity contribution in [1.29, 1.82) is 0 Å². The van der Waals surface area contributed by atoms with Gasteiger partial charge in [0.15, 0.2) is 0 Å². The standard InChI is InChI=1S/C18H22F3NO3S/c1-4-8-25-17(24)14-10-26-16(11(2)3)22(14)15(23)12-6-5-7-13(9-12)18(19,20)21/h5-7,9,11,14,16H,4,8,10H2,1-3H3. The molecule has 2 atom stereocenters. The van der Waals surface area contributed by atoms with Gasteiger partial charge in [0.25, 0.3) is 5.91 Å². The van der Waals surface area contributed by atoms with Crippen LogP contribution in [0.5, 0.6) is 0 Å². The smallest absolute Gasteiger partial charge is 0.416 e. The van der Waals surface area contributed by atoms with Gasteiger partial charge in [-0.2, -0.15) is 13.2 Å². The Morgan fingerprint density at radius 1 is 1.35 bits per heavy atom. The number of rotatable bonds is 5. The molecule has 0 spiro atoms. The van der Waals surface area contributed by atoms with Crippen LogP contribution in [-0.2, 0) is 15.7 Å².